The summed E-state index contributed by atoms with van der Waals surface area (Å²) in [6.45, 7) is 2.70. The minimum absolute atomic E-state index is 0.186. The highest BCUT2D eigenvalue weighted by Crippen LogP contribution is 2.26. The Morgan fingerprint density at radius 3 is 2.19 bits per heavy atom. The summed E-state index contributed by atoms with van der Waals surface area (Å²) < 4.78 is 5.16. The Bertz CT molecular complexity index is 600. The van der Waals surface area contributed by atoms with Crippen LogP contribution in [0, 0.1) is 5.92 Å². The van der Waals surface area contributed by atoms with E-state index < -0.39 is 0 Å². The fourth-order valence-corrected chi connectivity index (χ4v) is 3.99. The van der Waals surface area contributed by atoms with Crippen LogP contribution in [-0.4, -0.2) is 54.9 Å². The lowest BCUT2D eigenvalue weighted by Gasteiger charge is -2.37. The Morgan fingerprint density at radius 2 is 1.58 bits per heavy atom. The molecule has 1 aliphatic carbocycles. The number of hydrogen-bond donors (Lipinski definition) is 0. The van der Waals surface area contributed by atoms with Crippen molar-refractivity contribution in [3.63, 3.8) is 0 Å². The number of methoxy groups -OCH3 is 1. The second-order valence-electron chi connectivity index (χ2n) is 7.39. The van der Waals surface area contributed by atoms with Gasteiger partial charge in [-0.3, -0.25) is 9.59 Å². The van der Waals surface area contributed by atoms with Crippen LogP contribution < -0.4 is 4.74 Å². The zero-order chi connectivity index (χ0) is 18.4. The molecule has 1 aliphatic heterocycles. The summed E-state index contributed by atoms with van der Waals surface area (Å²) in [7, 11) is 1.65. The number of nitrogens with zero attached hydrogens (tertiary/aromatic N) is 2. The molecule has 0 spiro atoms. The highest BCUT2D eigenvalue weighted by atomic mass is 16.5. The van der Waals surface area contributed by atoms with Crippen LogP contribution in [-0.2, 0) is 16.0 Å². The summed E-state index contributed by atoms with van der Waals surface area (Å²) in [4.78, 5) is 29.0. The minimum atomic E-state index is 0.186. The molecular formula is C21H30N2O3. The zero-order valence-electron chi connectivity index (χ0n) is 15.8. The van der Waals surface area contributed by atoms with Gasteiger partial charge in [0.25, 0.3) is 0 Å². The molecule has 2 aliphatic rings. The number of piperazine rings is 1. The number of ether oxygens (including phenoxy) is 1. The minimum Gasteiger partial charge on any atom is -0.497 e. The first-order chi connectivity index (χ1) is 12.7. The first kappa shape index (κ1) is 18.7. The summed E-state index contributed by atoms with van der Waals surface area (Å²) >= 11 is 0. The van der Waals surface area contributed by atoms with E-state index in [0.29, 0.717) is 38.5 Å². The third kappa shape index (κ3) is 4.77. The van der Waals surface area contributed by atoms with Crippen molar-refractivity contribution in [2.75, 3.05) is 33.3 Å². The first-order valence-electron chi connectivity index (χ1n) is 9.87. The zero-order valence-corrected chi connectivity index (χ0v) is 15.8. The average Bonchev–Trinajstić information content (AvgIpc) is 2.72. The van der Waals surface area contributed by atoms with Crippen molar-refractivity contribution < 1.29 is 14.3 Å². The van der Waals surface area contributed by atoms with Crippen molar-refractivity contribution in [2.45, 2.75) is 44.9 Å². The number of amides is 2. The SMILES string of the molecule is COc1ccc(CCC(=O)N2CCN(C(=O)C3CCCCC3)CC2)cc1. The quantitative estimate of drug-likeness (QED) is 0.813. The van der Waals surface area contributed by atoms with Crippen LogP contribution in [0.25, 0.3) is 0 Å². The van der Waals surface area contributed by atoms with Gasteiger partial charge in [0.15, 0.2) is 0 Å². The van der Waals surface area contributed by atoms with Gasteiger partial charge >= 0.3 is 0 Å². The molecule has 0 radical (unpaired) electrons. The molecule has 1 saturated carbocycles. The number of rotatable bonds is 5. The molecule has 0 atom stereocenters. The Labute approximate surface area is 156 Å². The van der Waals surface area contributed by atoms with Crippen molar-refractivity contribution in [3.8, 4) is 5.75 Å². The molecule has 1 aromatic rings. The molecule has 2 fully saturated rings. The molecule has 5 nitrogen and oxygen atoms in total. The maximum atomic E-state index is 12.6. The van der Waals surface area contributed by atoms with E-state index >= 15 is 0 Å². The van der Waals surface area contributed by atoms with Crippen LogP contribution in [0.15, 0.2) is 24.3 Å². The Morgan fingerprint density at radius 1 is 0.962 bits per heavy atom. The van der Waals surface area contributed by atoms with Crippen LogP contribution >= 0.6 is 0 Å². The van der Waals surface area contributed by atoms with Crippen LogP contribution in [0.4, 0.5) is 0 Å². The number of aryl methyl sites for hydroxylation is 1. The van der Waals surface area contributed by atoms with Crippen molar-refractivity contribution >= 4 is 11.8 Å². The molecule has 0 bridgehead atoms. The number of benzene rings is 1. The van der Waals surface area contributed by atoms with E-state index in [1.165, 1.54) is 19.3 Å². The van der Waals surface area contributed by atoms with Gasteiger partial charge in [-0.1, -0.05) is 31.4 Å². The second-order valence-corrected chi connectivity index (χ2v) is 7.39. The maximum absolute atomic E-state index is 12.6. The monoisotopic (exact) mass is 358 g/mol. The van der Waals surface area contributed by atoms with Crippen molar-refractivity contribution in [2.24, 2.45) is 5.92 Å². The summed E-state index contributed by atoms with van der Waals surface area (Å²) in [6, 6.07) is 7.87. The van der Waals surface area contributed by atoms with Crippen molar-refractivity contribution in [1.82, 2.24) is 9.80 Å². The Kier molecular flexibility index (Phi) is 6.53. The van der Waals surface area contributed by atoms with Gasteiger partial charge in [-0.2, -0.15) is 0 Å². The van der Waals surface area contributed by atoms with E-state index in [4.69, 9.17) is 4.74 Å². The van der Waals surface area contributed by atoms with E-state index in [1.807, 2.05) is 34.1 Å². The van der Waals surface area contributed by atoms with E-state index in [-0.39, 0.29) is 11.8 Å². The molecule has 1 heterocycles. The third-order valence-electron chi connectivity index (χ3n) is 5.69. The highest BCUT2D eigenvalue weighted by molar-refractivity contribution is 5.80. The van der Waals surface area contributed by atoms with Gasteiger partial charge in [0.05, 0.1) is 7.11 Å². The predicted molar refractivity (Wildman–Crippen MR) is 101 cm³/mol. The highest BCUT2D eigenvalue weighted by Gasteiger charge is 2.29. The lowest BCUT2D eigenvalue weighted by atomic mass is 9.88. The Hall–Kier alpha value is -2.04. The molecule has 142 valence electrons. The van der Waals surface area contributed by atoms with Crippen LogP contribution in [0.2, 0.25) is 0 Å². The molecule has 1 saturated heterocycles. The Balaban J connectivity index is 1.42. The van der Waals surface area contributed by atoms with Crippen molar-refractivity contribution in [3.05, 3.63) is 29.8 Å². The molecule has 3 rings (SSSR count). The predicted octanol–water partition coefficient (Wildman–Crippen LogP) is 2.88. The molecule has 26 heavy (non-hydrogen) atoms. The smallest absolute Gasteiger partial charge is 0.225 e. The number of carbonyl (C=O) groups is 2. The normalized spacial score (nSPS) is 18.7. The summed E-state index contributed by atoms with van der Waals surface area (Å²) in [5.41, 5.74) is 1.14. The van der Waals surface area contributed by atoms with Crippen molar-refractivity contribution in [1.29, 1.82) is 0 Å². The van der Waals surface area contributed by atoms with E-state index in [2.05, 4.69) is 0 Å². The van der Waals surface area contributed by atoms with Gasteiger partial charge in [0.2, 0.25) is 11.8 Å². The molecule has 0 aromatic heterocycles. The topological polar surface area (TPSA) is 49.9 Å². The maximum Gasteiger partial charge on any atom is 0.225 e. The lowest BCUT2D eigenvalue weighted by Crippen LogP contribution is -2.52. The fraction of sp³-hybridized carbons (Fsp3) is 0.619. The molecular weight excluding hydrogens is 328 g/mol. The molecule has 1 aromatic carbocycles. The molecule has 0 N–H and O–H groups in total. The third-order valence-corrected chi connectivity index (χ3v) is 5.69. The summed E-state index contributed by atoms with van der Waals surface area (Å²) in [6.07, 6.45) is 6.97. The first-order valence-corrected chi connectivity index (χ1v) is 9.87. The van der Waals surface area contributed by atoms with Gasteiger partial charge in [0, 0.05) is 38.5 Å². The average molecular weight is 358 g/mol. The van der Waals surface area contributed by atoms with E-state index in [9.17, 15) is 9.59 Å². The molecule has 0 unspecified atom stereocenters. The number of hydrogen-bond acceptors (Lipinski definition) is 3. The molecule has 2 amide bonds. The lowest BCUT2D eigenvalue weighted by molar-refractivity contribution is -0.142. The van der Waals surface area contributed by atoms with E-state index in [1.54, 1.807) is 7.11 Å². The largest absolute Gasteiger partial charge is 0.497 e. The van der Waals surface area contributed by atoms with Gasteiger partial charge in [0.1, 0.15) is 5.75 Å². The summed E-state index contributed by atoms with van der Waals surface area (Å²) in [5.74, 6) is 1.56. The van der Waals surface area contributed by atoms with Gasteiger partial charge in [-0.25, -0.2) is 0 Å². The van der Waals surface area contributed by atoms with Gasteiger partial charge in [-0.15, -0.1) is 0 Å². The molecule has 5 heteroatoms. The standard InChI is InChI=1S/C21H30N2O3/c1-26-19-10-7-17(8-11-19)9-12-20(24)22-13-15-23(16-14-22)21(25)18-5-3-2-4-6-18/h7-8,10-11,18H,2-6,9,12-16H2,1H3. The van der Waals surface area contributed by atoms with Crippen LogP contribution in [0.1, 0.15) is 44.1 Å². The fourth-order valence-electron chi connectivity index (χ4n) is 3.99. The van der Waals surface area contributed by atoms with Gasteiger partial charge < -0.3 is 14.5 Å². The second kappa shape index (κ2) is 9.06. The number of carbonyl (C=O) groups excluding carboxylic acids is 2. The van der Waals surface area contributed by atoms with Crippen LogP contribution in [0.5, 0.6) is 5.75 Å². The summed E-state index contributed by atoms with van der Waals surface area (Å²) in [5, 5.41) is 0. The van der Waals surface area contributed by atoms with Crippen LogP contribution in [0.3, 0.4) is 0 Å². The van der Waals surface area contributed by atoms with Gasteiger partial charge in [-0.05, 0) is 37.0 Å². The van der Waals surface area contributed by atoms with E-state index in [0.717, 1.165) is 30.6 Å².